The van der Waals surface area contributed by atoms with E-state index in [0.29, 0.717) is 67.9 Å². The number of hydrogen-bond acceptors (Lipinski definition) is 17. The predicted octanol–water partition coefficient (Wildman–Crippen LogP) is 20.2. The summed E-state index contributed by atoms with van der Waals surface area (Å²) in [5.41, 5.74) is 29.8. The van der Waals surface area contributed by atoms with Gasteiger partial charge in [-0.15, -0.1) is 0 Å². The number of phenolic OH excluding ortho intramolecular Hbond substituents is 6. The van der Waals surface area contributed by atoms with Crippen molar-refractivity contribution < 1.29 is 45.0 Å². The molecule has 15 aromatic rings. The summed E-state index contributed by atoms with van der Waals surface area (Å²) in [6, 6.07) is 62.5. The van der Waals surface area contributed by atoms with Crippen molar-refractivity contribution in [2.75, 3.05) is 130 Å². The van der Waals surface area contributed by atoms with Crippen LogP contribution in [-0.4, -0.2) is 225 Å². The quantitative estimate of drug-likeness (QED) is 0.0173. The van der Waals surface area contributed by atoms with Gasteiger partial charge in [-0.2, -0.15) is 0 Å². The summed E-state index contributed by atoms with van der Waals surface area (Å²) in [5, 5.41) is 73.3. The van der Waals surface area contributed by atoms with Crippen LogP contribution in [0.25, 0.3) is 71.8 Å². The molecule has 0 aliphatic carbocycles. The van der Waals surface area contributed by atoms with E-state index in [1.165, 1.54) is 274 Å². The Kier molecular flexibility index (Phi) is 32.5. The molecule has 3 aliphatic rings. The maximum Gasteiger partial charge on any atom is 0.255 e. The Morgan fingerprint density at radius 2 is 0.686 bits per heavy atom. The number of unbranched alkanes of at least 4 members (excludes halogenated alkanes) is 6. The minimum absolute atomic E-state index is 0.0668. The van der Waals surface area contributed by atoms with Crippen molar-refractivity contribution in [1.82, 2.24) is 57.6 Å². The first-order valence-corrected chi connectivity index (χ1v) is 49.6. The number of pyridine rings is 1. The highest BCUT2D eigenvalue weighted by Gasteiger charge is 2.25. The van der Waals surface area contributed by atoms with E-state index in [2.05, 4.69) is 181 Å². The van der Waals surface area contributed by atoms with Crippen LogP contribution in [0.3, 0.4) is 0 Å². The number of nitrogens with two attached hydrogens (primary N) is 1. The molecule has 3 fully saturated rings. The number of primary amides is 1. The van der Waals surface area contributed by atoms with Crippen molar-refractivity contribution >= 4 is 61.8 Å². The molecule has 0 spiro atoms. The van der Waals surface area contributed by atoms with Gasteiger partial charge in [-0.1, -0.05) is 104 Å². The lowest BCUT2D eigenvalue weighted by molar-refractivity contribution is 0.0996. The number of amides is 3. The molecular weight excluding hydrogens is 1750 g/mol. The first-order valence-electron chi connectivity index (χ1n) is 49.6. The molecule has 24 heteroatoms. The lowest BCUT2D eigenvalue weighted by Gasteiger charge is -2.32. The Morgan fingerprint density at radius 1 is 0.343 bits per heavy atom. The average molecular weight is 1880 g/mol. The fourth-order valence-electron chi connectivity index (χ4n) is 20.2. The van der Waals surface area contributed by atoms with Gasteiger partial charge in [0.05, 0.1) is 17.5 Å². The van der Waals surface area contributed by atoms with Crippen LogP contribution in [0.4, 0.5) is 11.4 Å². The highest BCUT2D eigenvalue weighted by atomic mass is 16.3. The lowest BCUT2D eigenvalue weighted by Crippen LogP contribution is -2.44. The molecule has 0 unspecified atom stereocenters. The van der Waals surface area contributed by atoms with Crippen LogP contribution in [0.1, 0.15) is 156 Å². The molecule has 8 heterocycles. The van der Waals surface area contributed by atoms with Crippen molar-refractivity contribution in [1.29, 1.82) is 0 Å². The number of benzene rings is 10. The van der Waals surface area contributed by atoms with Crippen molar-refractivity contribution in [3.63, 3.8) is 0 Å². The number of nitrogens with one attached hydrogen (secondary N) is 2. The summed E-state index contributed by atoms with van der Waals surface area (Å²) in [5.74, 6) is -1.94. The summed E-state index contributed by atoms with van der Waals surface area (Å²) < 4.78 is 8.96. The number of rotatable bonds is 33. The van der Waals surface area contributed by atoms with E-state index in [-0.39, 0.29) is 52.0 Å². The molecule has 5 aromatic heterocycles. The highest BCUT2D eigenvalue weighted by molar-refractivity contribution is 6.06. The number of carbonyl (C=O) groups excluding carboxylic acids is 3. The summed E-state index contributed by atoms with van der Waals surface area (Å²) in [4.78, 5) is 61.3. The van der Waals surface area contributed by atoms with E-state index < -0.39 is 5.91 Å². The van der Waals surface area contributed by atoms with Gasteiger partial charge in [0.15, 0.2) is 0 Å². The third-order valence-electron chi connectivity index (χ3n) is 28.9. The summed E-state index contributed by atoms with van der Waals surface area (Å²) in [6.45, 7) is 34.3. The maximum absolute atomic E-state index is 13.0. The monoisotopic (exact) mass is 1880 g/mol. The van der Waals surface area contributed by atoms with Gasteiger partial charge in [-0.05, 0) is 303 Å². The van der Waals surface area contributed by atoms with Crippen LogP contribution in [0.2, 0.25) is 0 Å². The topological polar surface area (TPSA) is 288 Å². The van der Waals surface area contributed by atoms with Crippen LogP contribution in [0, 0.1) is 41.5 Å². The zero-order chi connectivity index (χ0) is 98.2. The average Bonchev–Trinajstić information content (AvgIpc) is 1.52. The molecule has 0 saturated carbocycles. The number of phenols is 6. The molecule has 3 aliphatic heterocycles. The zero-order valence-corrected chi connectivity index (χ0v) is 82.5. The van der Waals surface area contributed by atoms with E-state index in [4.69, 9.17) is 5.73 Å². The zero-order valence-electron chi connectivity index (χ0n) is 82.5. The third-order valence-corrected chi connectivity index (χ3v) is 28.9. The number of likely N-dealkylation sites (N-methyl/N-ethyl adjacent to an activating group) is 3. The number of imidazole rings is 1. The van der Waals surface area contributed by atoms with Gasteiger partial charge in [-0.3, -0.25) is 23.9 Å². The van der Waals surface area contributed by atoms with Crippen molar-refractivity contribution in [3.05, 3.63) is 315 Å². The second kappa shape index (κ2) is 45.8. The number of fused-ring (bicyclic) bond motifs is 3. The minimum Gasteiger partial charge on any atom is -0.507 e. The van der Waals surface area contributed by atoms with E-state index in [1.807, 2.05) is 78.9 Å². The molecule has 3 amide bonds. The van der Waals surface area contributed by atoms with Crippen molar-refractivity contribution in [3.8, 4) is 73.6 Å². The molecule has 3 saturated heterocycles. The fourth-order valence-corrected chi connectivity index (χ4v) is 20.2. The van der Waals surface area contributed by atoms with Crippen LogP contribution < -0.4 is 16.4 Å². The van der Waals surface area contributed by atoms with Gasteiger partial charge in [0, 0.05) is 225 Å². The molecule has 728 valence electrons. The van der Waals surface area contributed by atoms with Gasteiger partial charge >= 0.3 is 0 Å². The summed E-state index contributed by atoms with van der Waals surface area (Å²) in [6.07, 6.45) is 21.1. The Labute approximate surface area is 822 Å². The number of aromatic nitrogens is 6. The van der Waals surface area contributed by atoms with Gasteiger partial charge < -0.3 is 90.1 Å². The Balaban J connectivity index is 0.000000151. The molecule has 0 bridgehead atoms. The number of aromatic hydroxyl groups is 6. The third kappa shape index (κ3) is 24.2. The summed E-state index contributed by atoms with van der Waals surface area (Å²) in [7, 11) is 6.63. The van der Waals surface area contributed by atoms with Crippen molar-refractivity contribution in [2.24, 2.45) is 5.73 Å². The molecule has 0 atom stereocenters. The van der Waals surface area contributed by atoms with E-state index >= 15 is 0 Å². The van der Waals surface area contributed by atoms with E-state index in [9.17, 15) is 45.0 Å². The first-order chi connectivity index (χ1) is 67.7. The molecule has 24 nitrogen and oxygen atoms in total. The smallest absolute Gasteiger partial charge is 0.255 e. The van der Waals surface area contributed by atoms with Crippen LogP contribution >= 0.6 is 0 Å². The lowest BCUT2D eigenvalue weighted by atomic mass is 9.92. The fraction of sp³-hybridized carbons (Fsp3) is 0.336. The predicted molar refractivity (Wildman–Crippen MR) is 564 cm³/mol. The molecular formula is C116H135N15O9. The van der Waals surface area contributed by atoms with Gasteiger partial charge in [-0.25, -0.2) is 4.98 Å². The van der Waals surface area contributed by atoms with E-state index in [1.54, 1.807) is 67.3 Å². The largest absolute Gasteiger partial charge is 0.507 e. The van der Waals surface area contributed by atoms with Gasteiger partial charge in [0.25, 0.3) is 11.8 Å². The SMILES string of the molecule is Cc1c(C)n(CCCCCN2CCN(C)CC2)c2ccc(Cc3ccc(C(=O)Nc4cc(O)c(-c5ccncc5)c(O)c4)cc3)cc12.Cc1c(C)n(CCCCCN2CCN(C)CC2)c2ccc(Cc3ccc(C(=O)Nc4cc(O)c(-n5ccnc5)c(O)c4)cc3)cc12.Cc1c(C)n(CCCCCN2CCN(C)CC2)c2ccc(Cc3ccc(C(N)=O)c(-c4cc(O)c(-c5ccccc5)c(O)c4)c3)cc12. The second-order valence-electron chi connectivity index (χ2n) is 38.5. The van der Waals surface area contributed by atoms with Gasteiger partial charge in [0.1, 0.15) is 40.2 Å². The Bertz CT molecular complexity index is 6750. The van der Waals surface area contributed by atoms with Crippen LogP contribution in [0.5, 0.6) is 34.5 Å². The molecule has 0 radical (unpaired) electrons. The first kappa shape index (κ1) is 99.2. The second-order valence-corrected chi connectivity index (χ2v) is 38.5. The Morgan fingerprint density at radius 3 is 1.06 bits per heavy atom. The Hall–Kier alpha value is -13.9. The van der Waals surface area contributed by atoms with Crippen molar-refractivity contribution in [2.45, 2.75) is 138 Å². The number of hydrogen-bond donors (Lipinski definition) is 9. The molecule has 10 N–H and O–H groups in total. The number of aryl methyl sites for hydroxylation is 6. The number of carbonyl (C=O) groups is 3. The maximum atomic E-state index is 13.0. The van der Waals surface area contributed by atoms with Crippen LogP contribution in [0.15, 0.2) is 231 Å². The number of piperazine rings is 3. The number of anilines is 2. The molecule has 18 rings (SSSR count). The highest BCUT2D eigenvalue weighted by Crippen LogP contribution is 2.44. The van der Waals surface area contributed by atoms with Gasteiger partial charge in [0.2, 0.25) is 5.91 Å². The normalized spacial score (nSPS) is 14.2. The van der Waals surface area contributed by atoms with E-state index in [0.717, 1.165) is 49.2 Å². The standard InChI is InChI=1S/C40H46N4O3.C39H45N5O3.C37H44N6O3/c1-27-28(2)44(17-9-5-8-16-43-20-18-42(3)19-21-43)36-15-13-30(23-34(27)36)22-29-12-14-33(40(41)47)35(24-29)32-25-37(45)39(38(46)26-32)31-10-6-4-7-11-31;1-27-28(2)44(18-6-4-5-17-43-21-19-42(3)20-22-43)35-12-9-30(24-34(27)35)23-29-7-10-32(11-8-29)39(47)41-33-25-36(45)38(37(46)26-33)31-13-15-40-16-14-31;1-26-27(2)43(15-6-4-5-14-41-19-17-40(3)18-20-41)33-12-9-29(22-32(26)33)21-28-7-10-30(11-8-28)37(46)39-31-23-34(44)36(35(45)24-31)42-16-13-38-25-42/h4,6-7,10-15,23-26,45-46H,5,8-9,16-22H2,1-3H3,(H2,41,47);7-16,24-26,45-46H,4-6,17-23H2,1-3H3,(H,41,47);7-13,16,22-25,44-45H,4-6,14-15,17-21H2,1-3H3,(H,39,46). The molecule has 140 heavy (non-hydrogen) atoms. The number of nitrogens with zero attached hydrogens (tertiary/aromatic N) is 12. The minimum atomic E-state index is -0.564. The summed E-state index contributed by atoms with van der Waals surface area (Å²) >= 11 is 0. The molecule has 10 aromatic carbocycles. The van der Waals surface area contributed by atoms with Crippen LogP contribution in [-0.2, 0) is 38.9 Å².